The summed E-state index contributed by atoms with van der Waals surface area (Å²) < 4.78 is 11.0. The van der Waals surface area contributed by atoms with Crippen molar-refractivity contribution in [1.29, 1.82) is 0 Å². The van der Waals surface area contributed by atoms with E-state index < -0.39 is 6.10 Å². The van der Waals surface area contributed by atoms with Crippen LogP contribution in [0.25, 0.3) is 0 Å². The van der Waals surface area contributed by atoms with Crippen LogP contribution in [0.4, 0.5) is 0 Å². The highest BCUT2D eigenvalue weighted by Crippen LogP contribution is 2.21. The summed E-state index contributed by atoms with van der Waals surface area (Å²) in [4.78, 5) is 12.4. The molecule has 2 atom stereocenters. The molecular formula is C20H25NO3. The lowest BCUT2D eigenvalue weighted by Gasteiger charge is -2.19. The van der Waals surface area contributed by atoms with Crippen molar-refractivity contribution < 1.29 is 14.3 Å². The van der Waals surface area contributed by atoms with Gasteiger partial charge in [-0.1, -0.05) is 50.2 Å². The highest BCUT2D eigenvalue weighted by atomic mass is 16.5. The lowest BCUT2D eigenvalue weighted by molar-refractivity contribution is -0.128. The molecule has 0 aliphatic rings. The number of carbonyl (C=O) groups excluding carboxylic acids is 1. The Labute approximate surface area is 143 Å². The molecule has 0 bridgehead atoms. The van der Waals surface area contributed by atoms with Crippen molar-refractivity contribution in [2.24, 2.45) is 0 Å². The molecule has 2 aromatic carbocycles. The van der Waals surface area contributed by atoms with E-state index in [1.54, 1.807) is 13.2 Å². The fourth-order valence-electron chi connectivity index (χ4n) is 2.43. The van der Waals surface area contributed by atoms with Gasteiger partial charge in [-0.2, -0.15) is 0 Å². The lowest BCUT2D eigenvalue weighted by Crippen LogP contribution is -2.39. The number of hydrogen-bond donors (Lipinski definition) is 1. The number of benzene rings is 2. The maximum Gasteiger partial charge on any atom is 0.261 e. The molecule has 4 heteroatoms. The van der Waals surface area contributed by atoms with E-state index >= 15 is 0 Å². The summed E-state index contributed by atoms with van der Waals surface area (Å²) in [6.07, 6.45) is 0.0861. The Bertz CT molecular complexity index is 642. The summed E-state index contributed by atoms with van der Waals surface area (Å²) in [5.74, 6) is 1.50. The predicted octanol–water partition coefficient (Wildman–Crippen LogP) is 3.77. The van der Waals surface area contributed by atoms with Crippen LogP contribution in [0.1, 0.15) is 31.7 Å². The van der Waals surface area contributed by atoms with Gasteiger partial charge < -0.3 is 14.8 Å². The summed E-state index contributed by atoms with van der Waals surface area (Å²) in [7, 11) is 1.61. The monoisotopic (exact) mass is 327 g/mol. The molecule has 0 saturated heterocycles. The van der Waals surface area contributed by atoms with Gasteiger partial charge in [-0.3, -0.25) is 4.79 Å². The molecule has 1 amide bonds. The predicted molar refractivity (Wildman–Crippen MR) is 95.6 cm³/mol. The molecule has 0 spiro atoms. The van der Waals surface area contributed by atoms with Gasteiger partial charge in [0, 0.05) is 12.6 Å². The van der Waals surface area contributed by atoms with E-state index in [9.17, 15) is 4.79 Å². The number of rotatable bonds is 8. The van der Waals surface area contributed by atoms with Gasteiger partial charge in [-0.15, -0.1) is 0 Å². The Kier molecular flexibility index (Phi) is 6.67. The van der Waals surface area contributed by atoms with Crippen LogP contribution in [-0.4, -0.2) is 25.7 Å². The van der Waals surface area contributed by atoms with E-state index in [4.69, 9.17) is 9.47 Å². The smallest absolute Gasteiger partial charge is 0.261 e. The van der Waals surface area contributed by atoms with Crippen LogP contribution in [0.2, 0.25) is 0 Å². The van der Waals surface area contributed by atoms with Crippen LogP contribution in [0.5, 0.6) is 11.5 Å². The molecule has 0 heterocycles. The quantitative estimate of drug-likeness (QED) is 0.803. The normalized spacial score (nSPS) is 13.0. The van der Waals surface area contributed by atoms with Crippen molar-refractivity contribution in [3.05, 3.63) is 60.2 Å². The maximum absolute atomic E-state index is 12.4. The van der Waals surface area contributed by atoms with Gasteiger partial charge in [0.25, 0.3) is 5.91 Å². The molecule has 0 aliphatic heterocycles. The average molecular weight is 327 g/mol. The molecule has 0 fully saturated rings. The van der Waals surface area contributed by atoms with E-state index in [1.165, 1.54) is 5.56 Å². The largest absolute Gasteiger partial charge is 0.497 e. The van der Waals surface area contributed by atoms with Crippen LogP contribution in [0.3, 0.4) is 0 Å². The molecule has 1 N–H and O–H groups in total. The molecule has 2 rings (SSSR count). The number of methoxy groups -OCH3 is 1. The number of amides is 1. The Morgan fingerprint density at radius 1 is 1.08 bits per heavy atom. The van der Waals surface area contributed by atoms with E-state index in [0.29, 0.717) is 24.5 Å². The summed E-state index contributed by atoms with van der Waals surface area (Å²) >= 11 is 0. The second kappa shape index (κ2) is 8.96. The molecule has 0 aliphatic carbocycles. The van der Waals surface area contributed by atoms with Gasteiger partial charge in [0.2, 0.25) is 0 Å². The molecule has 0 unspecified atom stereocenters. The zero-order chi connectivity index (χ0) is 17.4. The third kappa shape index (κ3) is 5.01. The van der Waals surface area contributed by atoms with Gasteiger partial charge >= 0.3 is 0 Å². The Balaban J connectivity index is 1.91. The van der Waals surface area contributed by atoms with Crippen LogP contribution in [-0.2, 0) is 4.79 Å². The van der Waals surface area contributed by atoms with E-state index in [0.717, 1.165) is 0 Å². The SMILES string of the molecule is CC[C@H](Oc1cccc(OC)c1)C(=O)NC[C@H](C)c1ccccc1. The molecule has 0 radical (unpaired) electrons. The topological polar surface area (TPSA) is 47.6 Å². The second-order valence-electron chi connectivity index (χ2n) is 5.75. The minimum atomic E-state index is -0.514. The third-order valence-electron chi connectivity index (χ3n) is 3.93. The van der Waals surface area contributed by atoms with Gasteiger partial charge in [-0.25, -0.2) is 0 Å². The van der Waals surface area contributed by atoms with Crippen molar-refractivity contribution in [2.45, 2.75) is 32.3 Å². The van der Waals surface area contributed by atoms with Crippen molar-refractivity contribution >= 4 is 5.91 Å². The zero-order valence-electron chi connectivity index (χ0n) is 14.5. The fourth-order valence-corrected chi connectivity index (χ4v) is 2.43. The van der Waals surface area contributed by atoms with Crippen LogP contribution in [0.15, 0.2) is 54.6 Å². The van der Waals surface area contributed by atoms with Crippen molar-refractivity contribution in [3.63, 3.8) is 0 Å². The number of carbonyl (C=O) groups is 1. The Morgan fingerprint density at radius 3 is 2.46 bits per heavy atom. The van der Waals surface area contributed by atoms with Crippen molar-refractivity contribution in [3.8, 4) is 11.5 Å². The van der Waals surface area contributed by atoms with Crippen LogP contribution >= 0.6 is 0 Å². The lowest BCUT2D eigenvalue weighted by atomic mass is 10.0. The molecule has 4 nitrogen and oxygen atoms in total. The van der Waals surface area contributed by atoms with E-state index in [1.807, 2.05) is 43.3 Å². The molecule has 0 aromatic heterocycles. The Hall–Kier alpha value is -2.49. The molecule has 0 saturated carbocycles. The van der Waals surface area contributed by atoms with Crippen molar-refractivity contribution in [1.82, 2.24) is 5.32 Å². The van der Waals surface area contributed by atoms with E-state index in [-0.39, 0.29) is 11.8 Å². The van der Waals surface area contributed by atoms with E-state index in [2.05, 4.69) is 24.4 Å². The highest BCUT2D eigenvalue weighted by Gasteiger charge is 2.19. The number of nitrogens with one attached hydrogen (secondary N) is 1. The molecule has 24 heavy (non-hydrogen) atoms. The van der Waals surface area contributed by atoms with Gasteiger partial charge in [0.1, 0.15) is 11.5 Å². The van der Waals surface area contributed by atoms with Crippen LogP contribution < -0.4 is 14.8 Å². The first-order valence-electron chi connectivity index (χ1n) is 8.27. The number of ether oxygens (including phenoxy) is 2. The zero-order valence-corrected chi connectivity index (χ0v) is 14.5. The third-order valence-corrected chi connectivity index (χ3v) is 3.93. The second-order valence-corrected chi connectivity index (χ2v) is 5.75. The minimum absolute atomic E-state index is 0.0944. The summed E-state index contributed by atoms with van der Waals surface area (Å²) in [5, 5.41) is 2.99. The van der Waals surface area contributed by atoms with Gasteiger partial charge in [0.15, 0.2) is 6.10 Å². The van der Waals surface area contributed by atoms with Gasteiger partial charge in [0.05, 0.1) is 7.11 Å². The van der Waals surface area contributed by atoms with Crippen LogP contribution in [0, 0.1) is 0 Å². The average Bonchev–Trinajstić information content (AvgIpc) is 2.64. The summed E-state index contributed by atoms with van der Waals surface area (Å²) in [5.41, 5.74) is 1.21. The standard InChI is InChI=1S/C20H25NO3/c1-4-19(24-18-12-8-11-17(13-18)23-3)20(22)21-14-15(2)16-9-6-5-7-10-16/h5-13,15,19H,4,14H2,1-3H3,(H,21,22)/t15-,19-/m0/s1. The summed E-state index contributed by atoms with van der Waals surface area (Å²) in [6, 6.07) is 17.4. The highest BCUT2D eigenvalue weighted by molar-refractivity contribution is 5.81. The first-order chi connectivity index (χ1) is 11.6. The molecular weight excluding hydrogens is 302 g/mol. The molecule has 2 aromatic rings. The summed E-state index contributed by atoms with van der Waals surface area (Å²) in [6.45, 7) is 4.62. The fraction of sp³-hybridized carbons (Fsp3) is 0.350. The first-order valence-corrected chi connectivity index (χ1v) is 8.27. The van der Waals surface area contributed by atoms with Gasteiger partial charge in [-0.05, 0) is 30.0 Å². The minimum Gasteiger partial charge on any atom is -0.497 e. The first kappa shape index (κ1) is 17.9. The van der Waals surface area contributed by atoms with Crippen molar-refractivity contribution in [2.75, 3.05) is 13.7 Å². The Morgan fingerprint density at radius 2 is 1.79 bits per heavy atom. The maximum atomic E-state index is 12.4. The number of hydrogen-bond acceptors (Lipinski definition) is 3. The molecule has 128 valence electrons.